The number of carbonyl (C=O) groups excluding carboxylic acids is 1. The Morgan fingerprint density at radius 3 is 2.52 bits per heavy atom. The Morgan fingerprint density at radius 1 is 1.19 bits per heavy atom. The average molecular weight is 450 g/mol. The molecule has 0 unspecified atom stereocenters. The number of hydrogen-bond acceptors (Lipinski definition) is 9. The van der Waals surface area contributed by atoms with E-state index in [1.165, 1.54) is 13.0 Å². The second kappa shape index (κ2) is 9.54. The van der Waals surface area contributed by atoms with Crippen LogP contribution in [0, 0.1) is 6.92 Å². The molecule has 1 aromatic heterocycles. The summed E-state index contributed by atoms with van der Waals surface area (Å²) in [4.78, 5) is 28.3. The van der Waals surface area contributed by atoms with Gasteiger partial charge in [-0.2, -0.15) is 15.0 Å². The van der Waals surface area contributed by atoms with E-state index in [9.17, 15) is 13.2 Å². The number of ether oxygens (including phenoxy) is 1. The number of morpholine rings is 1. The topological polar surface area (TPSA) is 130 Å². The Balaban J connectivity index is 1.80. The number of sulfonamides is 1. The highest BCUT2D eigenvalue weighted by atomic mass is 32.2. The van der Waals surface area contributed by atoms with Crippen LogP contribution in [0.4, 0.5) is 17.6 Å². The van der Waals surface area contributed by atoms with E-state index >= 15 is 0 Å². The first-order valence-electron chi connectivity index (χ1n) is 9.78. The molecule has 0 radical (unpaired) electrons. The lowest BCUT2D eigenvalue weighted by Gasteiger charge is -2.27. The smallest absolute Gasteiger partial charge is 0.241 e. The van der Waals surface area contributed by atoms with Crippen molar-refractivity contribution in [3.8, 4) is 0 Å². The molecule has 12 heteroatoms. The quantitative estimate of drug-likeness (QED) is 0.621. The normalized spacial score (nSPS) is 14.4. The second-order valence-electron chi connectivity index (χ2n) is 7.33. The molecule has 1 fully saturated rings. The van der Waals surface area contributed by atoms with Crippen molar-refractivity contribution < 1.29 is 17.9 Å². The Labute approximate surface area is 181 Å². The van der Waals surface area contributed by atoms with Crippen LogP contribution in [0.5, 0.6) is 0 Å². The first-order valence-corrected chi connectivity index (χ1v) is 11.3. The van der Waals surface area contributed by atoms with Crippen molar-refractivity contribution >= 4 is 33.5 Å². The lowest BCUT2D eigenvalue weighted by Crippen LogP contribution is -2.38. The number of nitrogens with one attached hydrogen (secondary N) is 2. The van der Waals surface area contributed by atoms with E-state index in [1.54, 1.807) is 24.0 Å². The molecule has 3 rings (SSSR count). The van der Waals surface area contributed by atoms with Crippen LogP contribution in [0.1, 0.15) is 18.3 Å². The molecule has 1 aromatic carbocycles. The molecule has 2 aromatic rings. The molecule has 0 saturated carbocycles. The van der Waals surface area contributed by atoms with Crippen molar-refractivity contribution in [3.05, 3.63) is 29.6 Å². The number of hydrogen-bond donors (Lipinski definition) is 2. The predicted octanol–water partition coefficient (Wildman–Crippen LogP) is 0.520. The predicted molar refractivity (Wildman–Crippen MR) is 117 cm³/mol. The maximum atomic E-state index is 12.9. The molecule has 168 valence electrons. The van der Waals surface area contributed by atoms with E-state index in [1.807, 2.05) is 19.0 Å². The van der Waals surface area contributed by atoms with Crippen LogP contribution in [-0.4, -0.2) is 69.7 Å². The third kappa shape index (κ3) is 5.87. The maximum absolute atomic E-state index is 12.9. The van der Waals surface area contributed by atoms with Crippen LogP contribution in [0.2, 0.25) is 0 Å². The van der Waals surface area contributed by atoms with Gasteiger partial charge in [-0.3, -0.25) is 4.79 Å². The van der Waals surface area contributed by atoms with Crippen molar-refractivity contribution in [1.82, 2.24) is 19.7 Å². The van der Waals surface area contributed by atoms with Crippen molar-refractivity contribution in [2.75, 3.05) is 55.5 Å². The molecule has 31 heavy (non-hydrogen) atoms. The number of aryl methyl sites for hydroxylation is 1. The van der Waals surface area contributed by atoms with Gasteiger partial charge in [0.05, 0.1) is 24.7 Å². The number of nitrogens with zero attached hydrogens (tertiary/aromatic N) is 5. The summed E-state index contributed by atoms with van der Waals surface area (Å²) < 4.78 is 33.6. The van der Waals surface area contributed by atoms with Crippen LogP contribution < -0.4 is 19.8 Å². The molecule has 2 heterocycles. The first-order chi connectivity index (χ1) is 14.7. The van der Waals surface area contributed by atoms with Gasteiger partial charge < -0.3 is 19.9 Å². The minimum absolute atomic E-state index is 0.0874. The second-order valence-corrected chi connectivity index (χ2v) is 9.07. The van der Waals surface area contributed by atoms with Gasteiger partial charge in [0.25, 0.3) is 0 Å². The minimum Gasteiger partial charge on any atom is -0.378 e. The van der Waals surface area contributed by atoms with E-state index in [0.717, 1.165) is 0 Å². The van der Waals surface area contributed by atoms with Crippen molar-refractivity contribution in [2.45, 2.75) is 25.3 Å². The van der Waals surface area contributed by atoms with Crippen molar-refractivity contribution in [2.24, 2.45) is 0 Å². The van der Waals surface area contributed by atoms with Gasteiger partial charge in [-0.25, -0.2) is 13.1 Å². The summed E-state index contributed by atoms with van der Waals surface area (Å²) in [5.41, 5.74) is 1.05. The minimum atomic E-state index is -3.82. The molecule has 2 N–H and O–H groups in total. The number of amides is 1. The highest BCUT2D eigenvalue weighted by molar-refractivity contribution is 7.89. The largest absolute Gasteiger partial charge is 0.378 e. The standard InChI is InChI=1S/C19H27N7O4S/c1-13-11-15(21-14(2)27)5-6-16(13)31(28,29)20-12-17-22-18(25(3)4)24-19(23-17)26-7-9-30-10-8-26/h5-6,11,20H,7-10,12H2,1-4H3,(H,21,27). The summed E-state index contributed by atoms with van der Waals surface area (Å²) in [6, 6.07) is 4.62. The fourth-order valence-corrected chi connectivity index (χ4v) is 4.25. The molecule has 1 amide bonds. The molecule has 1 aliphatic heterocycles. The highest BCUT2D eigenvalue weighted by Gasteiger charge is 2.20. The number of carbonyl (C=O) groups is 1. The lowest BCUT2D eigenvalue weighted by atomic mass is 10.2. The molecule has 11 nitrogen and oxygen atoms in total. The third-order valence-corrected chi connectivity index (χ3v) is 6.12. The summed E-state index contributed by atoms with van der Waals surface area (Å²) in [5, 5.41) is 2.64. The van der Waals surface area contributed by atoms with Gasteiger partial charge in [0.1, 0.15) is 0 Å². The van der Waals surface area contributed by atoms with Crippen LogP contribution in [-0.2, 0) is 26.1 Å². The van der Waals surface area contributed by atoms with Gasteiger partial charge in [-0.15, -0.1) is 0 Å². The summed E-state index contributed by atoms with van der Waals surface area (Å²) in [6.45, 7) is 5.45. The van der Waals surface area contributed by atoms with Gasteiger partial charge in [0.15, 0.2) is 5.82 Å². The number of anilines is 3. The molecular formula is C19H27N7O4S. The molecule has 0 spiro atoms. The van der Waals surface area contributed by atoms with Crippen LogP contribution in [0.3, 0.4) is 0 Å². The Morgan fingerprint density at radius 2 is 1.90 bits per heavy atom. The number of benzene rings is 1. The highest BCUT2D eigenvalue weighted by Crippen LogP contribution is 2.20. The first kappa shape index (κ1) is 22.8. The summed E-state index contributed by atoms with van der Waals surface area (Å²) in [6.07, 6.45) is 0. The van der Waals surface area contributed by atoms with Crippen LogP contribution >= 0.6 is 0 Å². The summed E-state index contributed by atoms with van der Waals surface area (Å²) in [7, 11) is -0.192. The zero-order valence-electron chi connectivity index (χ0n) is 18.0. The van der Waals surface area contributed by atoms with Crippen molar-refractivity contribution in [1.29, 1.82) is 0 Å². The third-order valence-electron chi connectivity index (χ3n) is 4.56. The van der Waals surface area contributed by atoms with Gasteiger partial charge >= 0.3 is 0 Å². The molecule has 0 aliphatic carbocycles. The van der Waals surface area contributed by atoms with E-state index in [-0.39, 0.29) is 17.3 Å². The average Bonchev–Trinajstić information content (AvgIpc) is 2.72. The number of aromatic nitrogens is 3. The monoisotopic (exact) mass is 449 g/mol. The maximum Gasteiger partial charge on any atom is 0.241 e. The van der Waals surface area contributed by atoms with E-state index in [2.05, 4.69) is 25.0 Å². The molecule has 1 saturated heterocycles. The van der Waals surface area contributed by atoms with Crippen LogP contribution in [0.15, 0.2) is 23.1 Å². The number of rotatable bonds is 7. The zero-order valence-corrected chi connectivity index (χ0v) is 18.9. The molecular weight excluding hydrogens is 422 g/mol. The Bertz CT molecular complexity index is 1050. The fourth-order valence-electron chi connectivity index (χ4n) is 3.05. The molecule has 0 bridgehead atoms. The Hall–Kier alpha value is -2.83. The molecule has 1 aliphatic rings. The van der Waals surface area contributed by atoms with Gasteiger partial charge in [-0.1, -0.05) is 0 Å². The summed E-state index contributed by atoms with van der Waals surface area (Å²) >= 11 is 0. The van der Waals surface area contributed by atoms with Crippen LogP contribution in [0.25, 0.3) is 0 Å². The Kier molecular flexibility index (Phi) is 7.03. The van der Waals surface area contributed by atoms with Crippen molar-refractivity contribution in [3.63, 3.8) is 0 Å². The van der Waals surface area contributed by atoms with Gasteiger partial charge in [0.2, 0.25) is 27.8 Å². The van der Waals surface area contributed by atoms with Gasteiger partial charge in [0, 0.05) is 39.8 Å². The SMILES string of the molecule is CC(=O)Nc1ccc(S(=O)(=O)NCc2nc(N(C)C)nc(N3CCOCC3)n2)c(C)c1. The van der Waals surface area contributed by atoms with E-state index in [4.69, 9.17) is 4.74 Å². The fraction of sp³-hybridized carbons (Fsp3) is 0.474. The van der Waals surface area contributed by atoms with E-state index in [0.29, 0.717) is 55.3 Å². The lowest BCUT2D eigenvalue weighted by molar-refractivity contribution is -0.114. The van der Waals surface area contributed by atoms with Gasteiger partial charge in [-0.05, 0) is 30.7 Å². The molecule has 0 atom stereocenters. The van der Waals surface area contributed by atoms with E-state index < -0.39 is 10.0 Å². The zero-order chi connectivity index (χ0) is 22.6. The summed E-state index contributed by atoms with van der Waals surface area (Å²) in [5.74, 6) is 1.03.